The van der Waals surface area contributed by atoms with Crippen molar-refractivity contribution >= 4 is 44.2 Å². The third kappa shape index (κ3) is 4.61. The first-order chi connectivity index (χ1) is 13.5. The van der Waals surface area contributed by atoms with Crippen LogP contribution in [0, 0.1) is 0 Å². The minimum atomic E-state index is -0.369. The molecule has 0 radical (unpaired) electrons. The zero-order valence-corrected chi connectivity index (χ0v) is 17.0. The summed E-state index contributed by atoms with van der Waals surface area (Å²) in [5.41, 5.74) is 0.698. The van der Waals surface area contributed by atoms with E-state index >= 15 is 0 Å². The molecular formula is C21H19BrN2O4. The van der Waals surface area contributed by atoms with Crippen molar-refractivity contribution in [3.05, 3.63) is 64.6 Å². The summed E-state index contributed by atoms with van der Waals surface area (Å²) in [6.07, 6.45) is 0. The highest BCUT2D eigenvalue weighted by molar-refractivity contribution is 9.10. The van der Waals surface area contributed by atoms with Gasteiger partial charge in [0.1, 0.15) is 11.5 Å². The average Bonchev–Trinajstić information content (AvgIpc) is 2.71. The van der Waals surface area contributed by atoms with Gasteiger partial charge in [-0.25, -0.2) is 0 Å². The minimum absolute atomic E-state index is 0.179. The Morgan fingerprint density at radius 3 is 2.43 bits per heavy atom. The van der Waals surface area contributed by atoms with E-state index < -0.39 is 0 Å². The van der Waals surface area contributed by atoms with Crippen molar-refractivity contribution in [3.8, 4) is 11.5 Å². The maximum atomic E-state index is 12.3. The van der Waals surface area contributed by atoms with E-state index in [0.717, 1.165) is 15.2 Å². The van der Waals surface area contributed by atoms with Crippen LogP contribution < -0.4 is 20.1 Å². The number of hydrogen-bond acceptors (Lipinski definition) is 4. The number of hydrogen-bond donors (Lipinski definition) is 2. The highest BCUT2D eigenvalue weighted by Gasteiger charge is 2.14. The van der Waals surface area contributed by atoms with Gasteiger partial charge in [0.2, 0.25) is 0 Å². The van der Waals surface area contributed by atoms with Crippen LogP contribution in [-0.4, -0.2) is 32.6 Å². The van der Waals surface area contributed by atoms with E-state index in [1.807, 2.05) is 36.4 Å². The van der Waals surface area contributed by atoms with Gasteiger partial charge in [0, 0.05) is 11.5 Å². The third-order valence-electron chi connectivity index (χ3n) is 4.12. The summed E-state index contributed by atoms with van der Waals surface area (Å²) in [5, 5.41) is 7.33. The molecule has 3 aromatic carbocycles. The molecule has 0 spiro atoms. The molecule has 0 atom stereocenters. The lowest BCUT2D eigenvalue weighted by Gasteiger charge is -2.12. The lowest BCUT2D eigenvalue weighted by Crippen LogP contribution is -2.24. The summed E-state index contributed by atoms with van der Waals surface area (Å²) in [7, 11) is 3.03. The Labute approximate surface area is 171 Å². The topological polar surface area (TPSA) is 76.7 Å². The van der Waals surface area contributed by atoms with Crippen molar-refractivity contribution in [2.24, 2.45) is 0 Å². The molecule has 3 aromatic rings. The van der Waals surface area contributed by atoms with Crippen LogP contribution in [0.25, 0.3) is 10.8 Å². The van der Waals surface area contributed by atoms with E-state index in [-0.39, 0.29) is 18.4 Å². The number of benzene rings is 3. The molecule has 0 aromatic heterocycles. The number of carbonyl (C=O) groups excluding carboxylic acids is 2. The second-order valence-electron chi connectivity index (χ2n) is 5.98. The number of carbonyl (C=O) groups is 2. The Bertz CT molecular complexity index is 1040. The van der Waals surface area contributed by atoms with Crippen molar-refractivity contribution in [1.82, 2.24) is 5.32 Å². The molecule has 7 heteroatoms. The smallest absolute Gasteiger partial charge is 0.262 e. The maximum Gasteiger partial charge on any atom is 0.262 e. The van der Waals surface area contributed by atoms with Crippen LogP contribution >= 0.6 is 15.9 Å². The molecule has 144 valence electrons. The normalized spacial score (nSPS) is 10.4. The van der Waals surface area contributed by atoms with Gasteiger partial charge in [-0.15, -0.1) is 0 Å². The average molecular weight is 443 g/mol. The maximum absolute atomic E-state index is 12.3. The minimum Gasteiger partial charge on any atom is -0.497 e. The van der Waals surface area contributed by atoms with Gasteiger partial charge in [0.05, 0.1) is 18.4 Å². The lowest BCUT2D eigenvalue weighted by molar-refractivity contribution is -0.118. The highest BCUT2D eigenvalue weighted by Crippen LogP contribution is 2.25. The van der Waals surface area contributed by atoms with Crippen molar-refractivity contribution in [2.45, 2.75) is 0 Å². The lowest BCUT2D eigenvalue weighted by atomic mass is 10.1. The van der Waals surface area contributed by atoms with Crippen LogP contribution in [0.2, 0.25) is 0 Å². The summed E-state index contributed by atoms with van der Waals surface area (Å²) in [6, 6.07) is 16.4. The zero-order valence-electron chi connectivity index (χ0n) is 15.4. The van der Waals surface area contributed by atoms with Gasteiger partial charge in [0.15, 0.2) is 6.61 Å². The fourth-order valence-corrected chi connectivity index (χ4v) is 3.08. The van der Waals surface area contributed by atoms with Crippen LogP contribution in [0.3, 0.4) is 0 Å². The predicted molar refractivity (Wildman–Crippen MR) is 112 cm³/mol. The number of fused-ring (bicyclic) bond motifs is 1. The van der Waals surface area contributed by atoms with E-state index in [2.05, 4.69) is 26.6 Å². The van der Waals surface area contributed by atoms with E-state index in [1.54, 1.807) is 18.2 Å². The Hall–Kier alpha value is -3.06. The number of anilines is 1. The summed E-state index contributed by atoms with van der Waals surface area (Å²) >= 11 is 3.44. The molecule has 0 fully saturated rings. The predicted octanol–water partition coefficient (Wildman–Crippen LogP) is 3.99. The molecule has 3 rings (SSSR count). The van der Waals surface area contributed by atoms with Crippen molar-refractivity contribution in [1.29, 1.82) is 0 Å². The third-order valence-corrected chi connectivity index (χ3v) is 4.61. The van der Waals surface area contributed by atoms with Crippen LogP contribution in [0.15, 0.2) is 59.1 Å². The van der Waals surface area contributed by atoms with Crippen molar-refractivity contribution in [3.63, 3.8) is 0 Å². The molecule has 0 unspecified atom stereocenters. The first-order valence-electron chi connectivity index (χ1n) is 8.52. The van der Waals surface area contributed by atoms with E-state index in [1.165, 1.54) is 14.2 Å². The van der Waals surface area contributed by atoms with E-state index in [4.69, 9.17) is 9.47 Å². The van der Waals surface area contributed by atoms with Gasteiger partial charge >= 0.3 is 0 Å². The molecule has 2 amide bonds. The van der Waals surface area contributed by atoms with Crippen LogP contribution in [-0.2, 0) is 4.79 Å². The Morgan fingerprint density at radius 2 is 1.68 bits per heavy atom. The van der Waals surface area contributed by atoms with Crippen molar-refractivity contribution in [2.75, 3.05) is 26.1 Å². The van der Waals surface area contributed by atoms with Gasteiger partial charge in [0.25, 0.3) is 11.8 Å². The second kappa shape index (κ2) is 8.75. The second-order valence-corrected chi connectivity index (χ2v) is 6.90. The quantitative estimate of drug-likeness (QED) is 0.604. The summed E-state index contributed by atoms with van der Waals surface area (Å²) < 4.78 is 11.7. The van der Waals surface area contributed by atoms with Gasteiger partial charge in [-0.2, -0.15) is 0 Å². The van der Waals surface area contributed by atoms with Crippen LogP contribution in [0.1, 0.15) is 10.4 Å². The summed E-state index contributed by atoms with van der Waals surface area (Å²) in [5.74, 6) is 0.420. The number of ether oxygens (including phenoxy) is 2. The number of rotatable bonds is 6. The van der Waals surface area contributed by atoms with Gasteiger partial charge in [-0.1, -0.05) is 28.1 Å². The molecule has 0 aliphatic rings. The Balaban J connectivity index is 1.69. The SMILES string of the molecule is CNC(=O)c1cc(OC)ccc1NC(=O)COc1ccc2cc(Br)ccc2c1. The van der Waals surface area contributed by atoms with Crippen LogP contribution in [0.4, 0.5) is 5.69 Å². The van der Waals surface area contributed by atoms with Gasteiger partial charge < -0.3 is 20.1 Å². The molecule has 0 aliphatic heterocycles. The molecular weight excluding hydrogens is 424 g/mol. The molecule has 28 heavy (non-hydrogen) atoms. The fraction of sp³-hybridized carbons (Fsp3) is 0.143. The van der Waals surface area contributed by atoms with E-state index in [9.17, 15) is 9.59 Å². The van der Waals surface area contributed by atoms with E-state index in [0.29, 0.717) is 22.7 Å². The molecule has 0 saturated heterocycles. The number of nitrogens with one attached hydrogen (secondary N) is 2. The van der Waals surface area contributed by atoms with Crippen molar-refractivity contribution < 1.29 is 19.1 Å². The first-order valence-corrected chi connectivity index (χ1v) is 9.31. The highest BCUT2D eigenvalue weighted by atomic mass is 79.9. The van der Waals surface area contributed by atoms with Gasteiger partial charge in [-0.3, -0.25) is 9.59 Å². The zero-order chi connectivity index (χ0) is 20.1. The molecule has 0 aliphatic carbocycles. The number of halogens is 1. The molecule has 2 N–H and O–H groups in total. The summed E-state index contributed by atoms with van der Waals surface area (Å²) in [6.45, 7) is -0.179. The largest absolute Gasteiger partial charge is 0.497 e. The molecule has 0 bridgehead atoms. The number of amides is 2. The molecule has 0 saturated carbocycles. The Morgan fingerprint density at radius 1 is 0.964 bits per heavy atom. The Kier molecular flexibility index (Phi) is 6.16. The standard InChI is InChI=1S/C21H19BrN2O4/c1-23-21(26)18-11-16(27-2)7-8-19(18)24-20(25)12-28-17-6-4-13-9-15(22)5-3-14(13)10-17/h3-11H,12H2,1-2H3,(H,23,26)(H,24,25). The fourth-order valence-electron chi connectivity index (χ4n) is 2.70. The first kappa shape index (κ1) is 19.7. The monoisotopic (exact) mass is 442 g/mol. The van der Waals surface area contributed by atoms with Gasteiger partial charge in [-0.05, 0) is 53.2 Å². The molecule has 0 heterocycles. The van der Waals surface area contributed by atoms with Crippen LogP contribution in [0.5, 0.6) is 11.5 Å². The molecule has 6 nitrogen and oxygen atoms in total. The number of methoxy groups -OCH3 is 1. The summed E-state index contributed by atoms with van der Waals surface area (Å²) in [4.78, 5) is 24.4.